The smallest absolute Gasteiger partial charge is 0.244 e. The van der Waals surface area contributed by atoms with Gasteiger partial charge in [-0.2, -0.15) is 0 Å². The van der Waals surface area contributed by atoms with Crippen LogP contribution >= 0.6 is 11.3 Å². The van der Waals surface area contributed by atoms with E-state index in [1.165, 1.54) is 44.3 Å². The summed E-state index contributed by atoms with van der Waals surface area (Å²) >= 11 is 1.54. The Balaban J connectivity index is 1.53. The number of amides is 1. The predicted molar refractivity (Wildman–Crippen MR) is 95.2 cm³/mol. The molecule has 1 N–H and O–H groups in total. The second-order valence-corrected chi connectivity index (χ2v) is 7.16. The quantitative estimate of drug-likeness (QED) is 0.777. The average Bonchev–Trinajstić information content (AvgIpc) is 3.10. The average molecular weight is 362 g/mol. The number of nitrogens with zero attached hydrogens (tertiary/aromatic N) is 1. The first-order chi connectivity index (χ1) is 12.1. The van der Waals surface area contributed by atoms with E-state index in [0.717, 1.165) is 28.9 Å². The molecule has 132 valence electrons. The first kappa shape index (κ1) is 17.7. The van der Waals surface area contributed by atoms with Crippen LogP contribution in [-0.2, 0) is 11.3 Å². The van der Waals surface area contributed by atoms with Crippen molar-refractivity contribution in [3.63, 3.8) is 0 Å². The molecule has 3 rings (SSSR count). The van der Waals surface area contributed by atoms with Crippen LogP contribution in [0.25, 0.3) is 6.08 Å². The van der Waals surface area contributed by atoms with E-state index in [-0.39, 0.29) is 11.5 Å². The lowest BCUT2D eigenvalue weighted by Crippen LogP contribution is -2.20. The second-order valence-electron chi connectivity index (χ2n) is 6.22. The van der Waals surface area contributed by atoms with Crippen molar-refractivity contribution in [2.75, 3.05) is 0 Å². The highest BCUT2D eigenvalue weighted by atomic mass is 32.1. The van der Waals surface area contributed by atoms with Gasteiger partial charge in [0, 0.05) is 22.9 Å². The fourth-order valence-electron chi connectivity index (χ4n) is 3.02. The summed E-state index contributed by atoms with van der Waals surface area (Å²) < 4.78 is 26.6. The zero-order chi connectivity index (χ0) is 17.6. The van der Waals surface area contributed by atoms with Crippen LogP contribution in [0.15, 0.2) is 29.7 Å². The highest BCUT2D eigenvalue weighted by Gasteiger charge is 2.18. The SMILES string of the molecule is O=C(C=Cc1cc(F)ccc1F)NCc1nc(C2CCCCC2)cs1. The molecule has 1 saturated carbocycles. The summed E-state index contributed by atoms with van der Waals surface area (Å²) in [7, 11) is 0. The Bertz CT molecular complexity index is 767. The third kappa shape index (κ3) is 4.95. The number of rotatable bonds is 5. The summed E-state index contributed by atoms with van der Waals surface area (Å²) in [6, 6.07) is 3.13. The van der Waals surface area contributed by atoms with Gasteiger partial charge < -0.3 is 5.32 Å². The third-order valence-electron chi connectivity index (χ3n) is 4.38. The minimum absolute atomic E-state index is 0.0454. The van der Waals surface area contributed by atoms with Gasteiger partial charge in [0.2, 0.25) is 5.91 Å². The normalized spacial score (nSPS) is 15.6. The van der Waals surface area contributed by atoms with Crippen LogP contribution < -0.4 is 5.32 Å². The number of halogens is 2. The molecule has 0 aliphatic heterocycles. The first-order valence-electron chi connectivity index (χ1n) is 8.47. The number of aromatic nitrogens is 1. The molecule has 2 aromatic rings. The van der Waals surface area contributed by atoms with Gasteiger partial charge in [0.05, 0.1) is 12.2 Å². The van der Waals surface area contributed by atoms with Gasteiger partial charge in [-0.25, -0.2) is 13.8 Å². The van der Waals surface area contributed by atoms with Crippen molar-refractivity contribution in [1.82, 2.24) is 10.3 Å². The Morgan fingerprint density at radius 1 is 1.28 bits per heavy atom. The van der Waals surface area contributed by atoms with Gasteiger partial charge in [-0.05, 0) is 37.1 Å². The van der Waals surface area contributed by atoms with E-state index in [9.17, 15) is 13.6 Å². The van der Waals surface area contributed by atoms with Gasteiger partial charge in [0.25, 0.3) is 0 Å². The minimum atomic E-state index is -0.567. The molecule has 6 heteroatoms. The Morgan fingerprint density at radius 2 is 2.08 bits per heavy atom. The van der Waals surface area contributed by atoms with Crippen LogP contribution in [0.3, 0.4) is 0 Å². The Labute approximate surface area is 149 Å². The fraction of sp³-hybridized carbons (Fsp3) is 0.368. The van der Waals surface area contributed by atoms with Crippen molar-refractivity contribution < 1.29 is 13.6 Å². The summed E-state index contributed by atoms with van der Waals surface area (Å²) in [4.78, 5) is 16.5. The summed E-state index contributed by atoms with van der Waals surface area (Å²) in [5, 5.41) is 5.66. The molecule has 1 aliphatic carbocycles. The van der Waals surface area contributed by atoms with E-state index in [4.69, 9.17) is 0 Å². The van der Waals surface area contributed by atoms with Crippen LogP contribution in [0.4, 0.5) is 8.78 Å². The van der Waals surface area contributed by atoms with Crippen LogP contribution in [-0.4, -0.2) is 10.9 Å². The lowest BCUT2D eigenvalue weighted by Gasteiger charge is -2.19. The first-order valence-corrected chi connectivity index (χ1v) is 9.35. The third-order valence-corrected chi connectivity index (χ3v) is 5.25. The van der Waals surface area contributed by atoms with Crippen molar-refractivity contribution in [3.05, 3.63) is 57.6 Å². The van der Waals surface area contributed by atoms with Crippen LogP contribution in [0, 0.1) is 11.6 Å². The largest absolute Gasteiger partial charge is 0.346 e. The molecule has 1 aromatic carbocycles. The topological polar surface area (TPSA) is 42.0 Å². The Kier molecular flexibility index (Phi) is 5.91. The lowest BCUT2D eigenvalue weighted by molar-refractivity contribution is -0.116. The van der Waals surface area contributed by atoms with E-state index in [1.807, 2.05) is 0 Å². The number of carbonyl (C=O) groups excluding carboxylic acids is 1. The standard InChI is InChI=1S/C19H20F2N2OS/c20-15-7-8-16(21)14(10-15)6-9-18(24)22-11-19-23-17(12-25-19)13-4-2-1-3-5-13/h6-10,12-13H,1-5,11H2,(H,22,24). The number of benzene rings is 1. The molecule has 0 saturated heterocycles. The number of thiazole rings is 1. The molecule has 0 spiro atoms. The molecular formula is C19H20F2N2OS. The zero-order valence-corrected chi connectivity index (χ0v) is 14.6. The van der Waals surface area contributed by atoms with Crippen LogP contribution in [0.1, 0.15) is 54.3 Å². The van der Waals surface area contributed by atoms with Gasteiger partial charge in [-0.1, -0.05) is 19.3 Å². The van der Waals surface area contributed by atoms with Gasteiger partial charge in [0.15, 0.2) is 0 Å². The van der Waals surface area contributed by atoms with Crippen molar-refractivity contribution >= 4 is 23.3 Å². The van der Waals surface area contributed by atoms with Crippen molar-refractivity contribution in [2.24, 2.45) is 0 Å². The van der Waals surface area contributed by atoms with Crippen molar-refractivity contribution in [3.8, 4) is 0 Å². The van der Waals surface area contributed by atoms with E-state index in [0.29, 0.717) is 12.5 Å². The van der Waals surface area contributed by atoms with E-state index >= 15 is 0 Å². The summed E-state index contributed by atoms with van der Waals surface area (Å²) in [6.45, 7) is 0.339. The lowest BCUT2D eigenvalue weighted by atomic mass is 9.87. The molecule has 1 fully saturated rings. The van der Waals surface area contributed by atoms with Gasteiger partial charge in [-0.3, -0.25) is 4.79 Å². The van der Waals surface area contributed by atoms with Gasteiger partial charge in [0.1, 0.15) is 16.6 Å². The maximum absolute atomic E-state index is 13.5. The van der Waals surface area contributed by atoms with E-state index < -0.39 is 11.6 Å². The summed E-state index contributed by atoms with van der Waals surface area (Å²) in [5.41, 5.74) is 1.18. The maximum Gasteiger partial charge on any atom is 0.244 e. The van der Waals surface area contributed by atoms with Crippen LogP contribution in [0.2, 0.25) is 0 Å². The predicted octanol–water partition coefficient (Wildman–Crippen LogP) is 4.80. The summed E-state index contributed by atoms with van der Waals surface area (Å²) in [5.74, 6) is -0.926. The Morgan fingerprint density at radius 3 is 2.88 bits per heavy atom. The van der Waals surface area contributed by atoms with Crippen molar-refractivity contribution in [1.29, 1.82) is 0 Å². The highest BCUT2D eigenvalue weighted by Crippen LogP contribution is 2.32. The number of carbonyl (C=O) groups is 1. The Hall–Kier alpha value is -2.08. The fourth-order valence-corrected chi connectivity index (χ4v) is 3.84. The molecule has 1 aliphatic rings. The van der Waals surface area contributed by atoms with Gasteiger partial charge in [-0.15, -0.1) is 11.3 Å². The molecule has 1 amide bonds. The number of hydrogen-bond donors (Lipinski definition) is 1. The second kappa shape index (κ2) is 8.34. The molecule has 1 heterocycles. The molecular weight excluding hydrogens is 342 g/mol. The van der Waals surface area contributed by atoms with Crippen molar-refractivity contribution in [2.45, 2.75) is 44.6 Å². The molecule has 1 aromatic heterocycles. The van der Waals surface area contributed by atoms with E-state index in [1.54, 1.807) is 11.3 Å². The molecule has 0 unspecified atom stereocenters. The van der Waals surface area contributed by atoms with E-state index in [2.05, 4.69) is 15.7 Å². The number of nitrogens with one attached hydrogen (secondary N) is 1. The molecule has 0 radical (unpaired) electrons. The zero-order valence-electron chi connectivity index (χ0n) is 13.8. The van der Waals surface area contributed by atoms with Gasteiger partial charge >= 0.3 is 0 Å². The molecule has 3 nitrogen and oxygen atoms in total. The maximum atomic E-state index is 13.5. The molecule has 0 bridgehead atoms. The molecule has 0 atom stereocenters. The monoisotopic (exact) mass is 362 g/mol. The van der Waals surface area contributed by atoms with Crippen LogP contribution in [0.5, 0.6) is 0 Å². The molecule has 25 heavy (non-hydrogen) atoms. The number of hydrogen-bond acceptors (Lipinski definition) is 3. The minimum Gasteiger partial charge on any atom is -0.346 e. The summed E-state index contributed by atoms with van der Waals surface area (Å²) in [6.07, 6.45) is 8.68. The highest BCUT2D eigenvalue weighted by molar-refractivity contribution is 7.09.